The summed E-state index contributed by atoms with van der Waals surface area (Å²) >= 11 is 0. The molecule has 0 atom stereocenters. The van der Waals surface area contributed by atoms with E-state index in [0.29, 0.717) is 22.8 Å². The molecule has 0 aliphatic carbocycles. The van der Waals surface area contributed by atoms with E-state index in [4.69, 9.17) is 4.74 Å². The number of non-ortho nitro benzene ring substituents is 1. The number of amidine groups is 1. The van der Waals surface area contributed by atoms with Crippen molar-refractivity contribution in [3.05, 3.63) is 106 Å². The first-order valence-electron chi connectivity index (χ1n) is 9.15. The van der Waals surface area contributed by atoms with E-state index in [2.05, 4.69) is 4.99 Å². The third-order valence-corrected chi connectivity index (χ3v) is 4.63. The molecule has 0 saturated heterocycles. The van der Waals surface area contributed by atoms with Crippen LogP contribution in [0.3, 0.4) is 0 Å². The Kier molecular flexibility index (Phi) is 5.09. The van der Waals surface area contributed by atoms with Gasteiger partial charge in [0.15, 0.2) is 0 Å². The number of ether oxygens (including phenoxy) is 1. The summed E-state index contributed by atoms with van der Waals surface area (Å²) in [5.41, 5.74) is 2.35. The van der Waals surface area contributed by atoms with Crippen molar-refractivity contribution in [1.82, 2.24) is 0 Å². The summed E-state index contributed by atoms with van der Waals surface area (Å²) in [6.07, 6.45) is 1.62. The van der Waals surface area contributed by atoms with E-state index < -0.39 is 4.92 Å². The smallest absolute Gasteiger partial charge is 0.282 e. The largest absolute Gasteiger partial charge is 0.497 e. The van der Waals surface area contributed by atoms with Gasteiger partial charge >= 0.3 is 0 Å². The highest BCUT2D eigenvalue weighted by atomic mass is 16.6. The van der Waals surface area contributed by atoms with Gasteiger partial charge in [-0.1, -0.05) is 30.3 Å². The van der Waals surface area contributed by atoms with Crippen LogP contribution in [0.4, 0.5) is 11.4 Å². The zero-order valence-electron chi connectivity index (χ0n) is 16.1. The van der Waals surface area contributed by atoms with Crippen molar-refractivity contribution in [2.75, 3.05) is 12.0 Å². The van der Waals surface area contributed by atoms with Gasteiger partial charge in [-0.15, -0.1) is 0 Å². The Labute approximate surface area is 172 Å². The number of methoxy groups -OCH3 is 1. The average molecular weight is 399 g/mol. The summed E-state index contributed by atoms with van der Waals surface area (Å²) in [5, 5.41) is 10.9. The Hall–Kier alpha value is -4.26. The molecule has 0 saturated carbocycles. The second-order valence-electron chi connectivity index (χ2n) is 6.52. The molecule has 1 aliphatic heterocycles. The van der Waals surface area contributed by atoms with E-state index in [0.717, 1.165) is 5.56 Å². The summed E-state index contributed by atoms with van der Waals surface area (Å²) in [6.45, 7) is 0. The molecule has 0 unspecified atom stereocenters. The first-order chi connectivity index (χ1) is 14.6. The van der Waals surface area contributed by atoms with Crippen LogP contribution >= 0.6 is 0 Å². The van der Waals surface area contributed by atoms with Gasteiger partial charge in [-0.3, -0.25) is 19.8 Å². The van der Waals surface area contributed by atoms with E-state index in [-0.39, 0.29) is 17.3 Å². The van der Waals surface area contributed by atoms with Crippen LogP contribution in [0.15, 0.2) is 89.6 Å². The monoisotopic (exact) mass is 399 g/mol. The van der Waals surface area contributed by atoms with Gasteiger partial charge in [0.1, 0.15) is 17.3 Å². The van der Waals surface area contributed by atoms with Crippen molar-refractivity contribution in [2.45, 2.75) is 0 Å². The van der Waals surface area contributed by atoms with Gasteiger partial charge in [0.25, 0.3) is 11.6 Å². The Morgan fingerprint density at radius 1 is 0.967 bits per heavy atom. The van der Waals surface area contributed by atoms with E-state index in [9.17, 15) is 14.9 Å². The second-order valence-corrected chi connectivity index (χ2v) is 6.52. The summed E-state index contributed by atoms with van der Waals surface area (Å²) in [7, 11) is 1.58. The molecule has 0 aromatic heterocycles. The summed E-state index contributed by atoms with van der Waals surface area (Å²) < 4.78 is 5.20. The topological polar surface area (TPSA) is 85.0 Å². The van der Waals surface area contributed by atoms with E-state index in [1.165, 1.54) is 12.1 Å². The molecule has 3 aromatic carbocycles. The molecule has 7 nitrogen and oxygen atoms in total. The third kappa shape index (κ3) is 3.68. The Bertz CT molecular complexity index is 1150. The van der Waals surface area contributed by atoms with Crippen molar-refractivity contribution in [2.24, 2.45) is 4.99 Å². The maximum absolute atomic E-state index is 13.2. The van der Waals surface area contributed by atoms with Crippen LogP contribution in [0.25, 0.3) is 6.08 Å². The molecule has 7 heteroatoms. The zero-order valence-corrected chi connectivity index (χ0v) is 16.1. The summed E-state index contributed by atoms with van der Waals surface area (Å²) in [5.74, 6) is 0.918. The van der Waals surface area contributed by atoms with Gasteiger partial charge in [-0.2, -0.15) is 0 Å². The molecule has 0 radical (unpaired) electrons. The molecule has 0 bridgehead atoms. The van der Waals surface area contributed by atoms with Crippen molar-refractivity contribution >= 4 is 29.2 Å². The van der Waals surface area contributed by atoms with Gasteiger partial charge in [-0.05, 0) is 48.0 Å². The number of hydrogen-bond donors (Lipinski definition) is 0. The standard InChI is InChI=1S/C23H17N3O4/c1-30-20-13-11-18(12-14-20)25-22(17-5-3-2-4-6-17)24-21(23(25)27)15-16-7-9-19(10-8-16)26(28)29/h2-15H,1H3/b21-15+. The number of nitrogens with zero attached hydrogens (tertiary/aromatic N) is 3. The minimum absolute atomic E-state index is 0.0109. The molecule has 4 rings (SSSR count). The number of amides is 1. The number of rotatable bonds is 5. The number of nitro benzene ring substituents is 1. The van der Waals surface area contributed by atoms with Crippen molar-refractivity contribution in [1.29, 1.82) is 0 Å². The zero-order chi connectivity index (χ0) is 21.1. The SMILES string of the molecule is COc1ccc(N2C(=O)/C(=C\c3ccc([N+](=O)[O-])cc3)N=C2c2ccccc2)cc1. The quantitative estimate of drug-likeness (QED) is 0.361. The van der Waals surface area contributed by atoms with E-state index in [1.807, 2.05) is 30.3 Å². The average Bonchev–Trinajstić information content (AvgIpc) is 3.10. The molecule has 1 heterocycles. The maximum Gasteiger partial charge on any atom is 0.282 e. The van der Waals surface area contributed by atoms with Gasteiger partial charge in [0.05, 0.1) is 17.7 Å². The first-order valence-corrected chi connectivity index (χ1v) is 9.15. The molecular formula is C23H17N3O4. The van der Waals surface area contributed by atoms with Crippen LogP contribution in [0.1, 0.15) is 11.1 Å². The van der Waals surface area contributed by atoms with Gasteiger partial charge in [0.2, 0.25) is 0 Å². The van der Waals surface area contributed by atoms with Crippen LogP contribution in [0, 0.1) is 10.1 Å². The number of aliphatic imine (C=N–C) groups is 1. The lowest BCUT2D eigenvalue weighted by Gasteiger charge is -2.18. The molecule has 148 valence electrons. The fourth-order valence-corrected chi connectivity index (χ4v) is 3.12. The highest BCUT2D eigenvalue weighted by Gasteiger charge is 2.32. The van der Waals surface area contributed by atoms with Crippen LogP contribution in [0.2, 0.25) is 0 Å². The Morgan fingerprint density at radius 2 is 1.63 bits per heavy atom. The van der Waals surface area contributed by atoms with Crippen LogP contribution in [0.5, 0.6) is 5.75 Å². The molecule has 3 aromatic rings. The highest BCUT2D eigenvalue weighted by molar-refractivity contribution is 6.33. The fourth-order valence-electron chi connectivity index (χ4n) is 3.12. The van der Waals surface area contributed by atoms with Crippen LogP contribution in [-0.4, -0.2) is 23.8 Å². The Morgan fingerprint density at radius 3 is 2.23 bits per heavy atom. The Balaban J connectivity index is 1.76. The molecule has 0 N–H and O–H groups in total. The minimum Gasteiger partial charge on any atom is -0.497 e. The molecule has 1 aliphatic rings. The predicted octanol–water partition coefficient (Wildman–Crippen LogP) is 4.44. The third-order valence-electron chi connectivity index (χ3n) is 4.63. The van der Waals surface area contributed by atoms with Crippen LogP contribution < -0.4 is 9.64 Å². The number of hydrogen-bond acceptors (Lipinski definition) is 5. The fraction of sp³-hybridized carbons (Fsp3) is 0.0435. The lowest BCUT2D eigenvalue weighted by atomic mass is 10.1. The van der Waals surface area contributed by atoms with Crippen molar-refractivity contribution < 1.29 is 14.5 Å². The predicted molar refractivity (Wildman–Crippen MR) is 115 cm³/mol. The summed E-state index contributed by atoms with van der Waals surface area (Å²) in [6, 6.07) is 22.6. The number of anilines is 1. The van der Waals surface area contributed by atoms with Crippen molar-refractivity contribution in [3.8, 4) is 5.75 Å². The molecule has 1 amide bonds. The number of carbonyl (C=O) groups excluding carboxylic acids is 1. The minimum atomic E-state index is -0.464. The highest BCUT2D eigenvalue weighted by Crippen LogP contribution is 2.29. The van der Waals surface area contributed by atoms with Crippen molar-refractivity contribution in [3.63, 3.8) is 0 Å². The normalized spacial score (nSPS) is 14.7. The molecule has 30 heavy (non-hydrogen) atoms. The lowest BCUT2D eigenvalue weighted by Crippen LogP contribution is -2.32. The molecule has 0 fully saturated rings. The number of carbonyl (C=O) groups is 1. The molecular weight excluding hydrogens is 382 g/mol. The summed E-state index contributed by atoms with van der Waals surface area (Å²) in [4.78, 5) is 29.7. The molecule has 0 spiro atoms. The van der Waals surface area contributed by atoms with Gasteiger partial charge in [-0.25, -0.2) is 4.99 Å². The number of benzene rings is 3. The van der Waals surface area contributed by atoms with E-state index in [1.54, 1.807) is 54.5 Å². The van der Waals surface area contributed by atoms with Gasteiger partial charge < -0.3 is 4.74 Å². The van der Waals surface area contributed by atoms with Gasteiger partial charge in [0, 0.05) is 17.7 Å². The second kappa shape index (κ2) is 8.00. The maximum atomic E-state index is 13.2. The number of nitro groups is 1. The van der Waals surface area contributed by atoms with Crippen LogP contribution in [-0.2, 0) is 4.79 Å². The van der Waals surface area contributed by atoms with E-state index >= 15 is 0 Å². The first kappa shape index (κ1) is 19.1. The lowest BCUT2D eigenvalue weighted by molar-refractivity contribution is -0.384.